The van der Waals surface area contributed by atoms with Crippen LogP contribution in [0.1, 0.15) is 11.3 Å². The van der Waals surface area contributed by atoms with Crippen molar-refractivity contribution in [2.75, 3.05) is 39.8 Å². The lowest BCUT2D eigenvalue weighted by Crippen LogP contribution is -2.59. The van der Waals surface area contributed by atoms with Gasteiger partial charge in [-0.15, -0.1) is 0 Å². The number of aromatic nitrogens is 2. The number of piperazine rings is 1. The molecule has 0 unspecified atom stereocenters. The molecule has 1 aliphatic rings. The molecule has 2 heterocycles. The van der Waals surface area contributed by atoms with E-state index in [2.05, 4.69) is 10.4 Å². The Hall–Kier alpha value is -3.20. The summed E-state index contributed by atoms with van der Waals surface area (Å²) >= 11 is 0. The second-order valence-corrected chi connectivity index (χ2v) is 7.71. The molecule has 1 N–H and O–H groups in total. The van der Waals surface area contributed by atoms with Crippen LogP contribution in [0.15, 0.2) is 41.2 Å². The minimum atomic E-state index is -0.460. The van der Waals surface area contributed by atoms with Gasteiger partial charge in [0.15, 0.2) is 0 Å². The number of carbonyl (C=O) groups is 2. The van der Waals surface area contributed by atoms with E-state index >= 15 is 0 Å². The highest BCUT2D eigenvalue weighted by Crippen LogP contribution is 2.15. The van der Waals surface area contributed by atoms with Gasteiger partial charge >= 0.3 is 0 Å². The number of likely N-dealkylation sites (N-methyl/N-ethyl adjacent to an activating group) is 1. The monoisotopic (exact) mass is 427 g/mol. The van der Waals surface area contributed by atoms with Gasteiger partial charge < -0.3 is 15.0 Å². The van der Waals surface area contributed by atoms with E-state index in [9.17, 15) is 14.4 Å². The predicted octanol–water partition coefficient (Wildman–Crippen LogP) is 0.198. The Bertz CT molecular complexity index is 990. The zero-order chi connectivity index (χ0) is 22.4. The molecule has 1 saturated heterocycles. The number of para-hydroxylation sites is 1. The van der Waals surface area contributed by atoms with Crippen LogP contribution in [0.5, 0.6) is 5.75 Å². The summed E-state index contributed by atoms with van der Waals surface area (Å²) in [6.45, 7) is 5.65. The van der Waals surface area contributed by atoms with Gasteiger partial charge in [0.25, 0.3) is 5.56 Å². The summed E-state index contributed by atoms with van der Waals surface area (Å²) in [6, 6.07) is 10.3. The lowest BCUT2D eigenvalue weighted by Gasteiger charge is -2.38. The molecule has 0 radical (unpaired) electrons. The lowest BCUT2D eigenvalue weighted by atomic mass is 10.1. The zero-order valence-corrected chi connectivity index (χ0v) is 18.2. The van der Waals surface area contributed by atoms with E-state index in [0.29, 0.717) is 31.9 Å². The maximum atomic E-state index is 12.7. The highest BCUT2D eigenvalue weighted by atomic mass is 16.5. The van der Waals surface area contributed by atoms with Crippen molar-refractivity contribution < 1.29 is 14.3 Å². The smallest absolute Gasteiger partial charge is 0.267 e. The highest BCUT2D eigenvalue weighted by Gasteiger charge is 2.32. The van der Waals surface area contributed by atoms with Crippen LogP contribution in [-0.4, -0.2) is 77.3 Å². The molecule has 0 aliphatic carbocycles. The second kappa shape index (κ2) is 10.2. The van der Waals surface area contributed by atoms with E-state index in [1.165, 1.54) is 6.07 Å². The Morgan fingerprint density at radius 3 is 2.71 bits per heavy atom. The predicted molar refractivity (Wildman–Crippen MR) is 116 cm³/mol. The third-order valence-electron chi connectivity index (χ3n) is 5.34. The average molecular weight is 428 g/mol. The van der Waals surface area contributed by atoms with E-state index < -0.39 is 6.04 Å². The topological polar surface area (TPSA) is 96.8 Å². The fourth-order valence-corrected chi connectivity index (χ4v) is 3.45. The van der Waals surface area contributed by atoms with Crippen LogP contribution in [0.25, 0.3) is 0 Å². The molecule has 9 heteroatoms. The van der Waals surface area contributed by atoms with Gasteiger partial charge in [0, 0.05) is 25.7 Å². The molecule has 0 spiro atoms. The normalized spacial score (nSPS) is 16.7. The van der Waals surface area contributed by atoms with Gasteiger partial charge in [0.1, 0.15) is 24.9 Å². The van der Waals surface area contributed by atoms with Crippen molar-refractivity contribution >= 4 is 11.8 Å². The number of hydrogen-bond donors (Lipinski definition) is 1. The Kier molecular flexibility index (Phi) is 7.41. The molecular weight excluding hydrogens is 398 g/mol. The largest absolute Gasteiger partial charge is 0.491 e. The fraction of sp³-hybridized carbons (Fsp3) is 0.455. The van der Waals surface area contributed by atoms with Gasteiger partial charge in [-0.2, -0.15) is 5.10 Å². The SMILES string of the molecule is Cc1ccc(=O)n(CC(=O)N2CCN(C)[C@H](C(=O)NCCOc3ccccc3C)C2)n1. The third kappa shape index (κ3) is 5.91. The molecule has 1 aromatic carbocycles. The van der Waals surface area contributed by atoms with E-state index in [0.717, 1.165) is 16.0 Å². The molecule has 3 rings (SSSR count). The van der Waals surface area contributed by atoms with Crippen LogP contribution in [0.4, 0.5) is 0 Å². The summed E-state index contributed by atoms with van der Waals surface area (Å²) in [7, 11) is 1.86. The van der Waals surface area contributed by atoms with Gasteiger partial charge in [-0.05, 0) is 38.6 Å². The molecule has 0 saturated carbocycles. The number of nitrogens with one attached hydrogen (secondary N) is 1. The van der Waals surface area contributed by atoms with Crippen LogP contribution in [0.3, 0.4) is 0 Å². The first-order chi connectivity index (χ1) is 14.8. The highest BCUT2D eigenvalue weighted by molar-refractivity contribution is 5.83. The number of carbonyl (C=O) groups excluding carboxylic acids is 2. The third-order valence-corrected chi connectivity index (χ3v) is 5.34. The summed E-state index contributed by atoms with van der Waals surface area (Å²) in [4.78, 5) is 40.9. The summed E-state index contributed by atoms with van der Waals surface area (Å²) < 4.78 is 6.88. The fourth-order valence-electron chi connectivity index (χ4n) is 3.45. The van der Waals surface area contributed by atoms with Crippen molar-refractivity contribution in [1.82, 2.24) is 24.9 Å². The number of hydrogen-bond acceptors (Lipinski definition) is 6. The van der Waals surface area contributed by atoms with Crippen molar-refractivity contribution in [2.24, 2.45) is 0 Å². The summed E-state index contributed by atoms with van der Waals surface area (Å²) in [5.41, 5.74) is 1.38. The maximum absolute atomic E-state index is 12.7. The van der Waals surface area contributed by atoms with E-state index in [1.54, 1.807) is 17.9 Å². The van der Waals surface area contributed by atoms with Crippen LogP contribution in [0, 0.1) is 13.8 Å². The van der Waals surface area contributed by atoms with E-state index in [-0.39, 0.29) is 30.5 Å². The molecule has 1 aliphatic heterocycles. The Morgan fingerprint density at radius 1 is 1.16 bits per heavy atom. The van der Waals surface area contributed by atoms with Gasteiger partial charge in [0.2, 0.25) is 11.8 Å². The summed E-state index contributed by atoms with van der Waals surface area (Å²) in [5.74, 6) is 0.413. The molecule has 0 bridgehead atoms. The minimum Gasteiger partial charge on any atom is -0.491 e. The molecule has 166 valence electrons. The molecule has 2 aromatic rings. The van der Waals surface area contributed by atoms with Crippen molar-refractivity contribution in [1.29, 1.82) is 0 Å². The number of aryl methyl sites for hydroxylation is 2. The van der Waals surface area contributed by atoms with Crippen molar-refractivity contribution in [3.63, 3.8) is 0 Å². The molecule has 9 nitrogen and oxygen atoms in total. The van der Waals surface area contributed by atoms with Crippen LogP contribution in [-0.2, 0) is 16.1 Å². The average Bonchev–Trinajstić information content (AvgIpc) is 2.75. The number of amides is 2. The van der Waals surface area contributed by atoms with Gasteiger partial charge in [0.05, 0.1) is 12.2 Å². The number of benzene rings is 1. The zero-order valence-electron chi connectivity index (χ0n) is 18.2. The molecule has 1 aromatic heterocycles. The van der Waals surface area contributed by atoms with Gasteiger partial charge in [-0.1, -0.05) is 18.2 Å². The Morgan fingerprint density at radius 2 is 1.94 bits per heavy atom. The molecule has 2 amide bonds. The maximum Gasteiger partial charge on any atom is 0.267 e. The van der Waals surface area contributed by atoms with Crippen molar-refractivity contribution in [3.8, 4) is 5.75 Å². The number of rotatable bonds is 7. The van der Waals surface area contributed by atoms with Gasteiger partial charge in [-0.25, -0.2) is 4.68 Å². The molecular formula is C22H29N5O4. The quantitative estimate of drug-likeness (QED) is 0.634. The minimum absolute atomic E-state index is 0.136. The number of nitrogens with zero attached hydrogens (tertiary/aromatic N) is 4. The molecule has 31 heavy (non-hydrogen) atoms. The Balaban J connectivity index is 1.51. The first kappa shape index (κ1) is 22.5. The van der Waals surface area contributed by atoms with Crippen molar-refractivity contribution in [2.45, 2.75) is 26.4 Å². The second-order valence-electron chi connectivity index (χ2n) is 7.71. The Labute approximate surface area is 181 Å². The van der Waals surface area contributed by atoms with E-state index in [1.807, 2.05) is 43.1 Å². The standard InChI is InChI=1S/C22H29N5O4/c1-16-6-4-5-7-19(16)31-13-10-23-22(30)18-14-26(12-11-25(18)3)21(29)15-27-20(28)9-8-17(2)24-27/h4-9,18H,10-15H2,1-3H3,(H,23,30)/t18-/m0/s1. The molecule has 1 atom stereocenters. The molecule has 1 fully saturated rings. The van der Waals surface area contributed by atoms with Crippen LogP contribution >= 0.6 is 0 Å². The number of ether oxygens (including phenoxy) is 1. The summed E-state index contributed by atoms with van der Waals surface area (Å²) in [6.07, 6.45) is 0. The summed E-state index contributed by atoms with van der Waals surface area (Å²) in [5, 5.41) is 7.00. The van der Waals surface area contributed by atoms with E-state index in [4.69, 9.17) is 4.74 Å². The lowest BCUT2D eigenvalue weighted by molar-refractivity contribution is -0.138. The van der Waals surface area contributed by atoms with Crippen LogP contribution < -0.4 is 15.6 Å². The van der Waals surface area contributed by atoms with Crippen molar-refractivity contribution in [3.05, 3.63) is 58.0 Å². The van der Waals surface area contributed by atoms with Gasteiger partial charge in [-0.3, -0.25) is 19.3 Å². The van der Waals surface area contributed by atoms with Crippen LogP contribution in [0.2, 0.25) is 0 Å². The first-order valence-corrected chi connectivity index (χ1v) is 10.3. The first-order valence-electron chi connectivity index (χ1n) is 10.3.